The molecule has 4 nitrogen and oxygen atoms in total. The zero-order chi connectivity index (χ0) is 17.7. The van der Waals surface area contributed by atoms with Crippen LogP contribution in [0.15, 0.2) is 54.9 Å². The molecule has 1 aromatic heterocycles. The van der Waals surface area contributed by atoms with E-state index in [2.05, 4.69) is 46.3 Å². The molecule has 138 valence electrons. The quantitative estimate of drug-likeness (QED) is 0.797. The maximum Gasteiger partial charge on any atom is 0.0841 e. The summed E-state index contributed by atoms with van der Waals surface area (Å²) in [6.07, 6.45) is 8.35. The molecule has 2 aliphatic rings. The van der Waals surface area contributed by atoms with E-state index < -0.39 is 0 Å². The number of ether oxygens (including phenoxy) is 2. The van der Waals surface area contributed by atoms with Crippen molar-refractivity contribution in [2.24, 2.45) is 0 Å². The highest BCUT2D eigenvalue weighted by molar-refractivity contribution is 5.15. The second-order valence-electron chi connectivity index (χ2n) is 7.61. The molecule has 2 aromatic rings. The Labute approximate surface area is 156 Å². The van der Waals surface area contributed by atoms with E-state index in [1.165, 1.54) is 18.5 Å². The summed E-state index contributed by atoms with van der Waals surface area (Å²) in [5.74, 6) is 0. The Hall–Kier alpha value is -1.75. The number of pyridine rings is 1. The molecular formula is C22H28N2O2. The van der Waals surface area contributed by atoms with Crippen molar-refractivity contribution in [1.82, 2.24) is 9.88 Å². The summed E-state index contributed by atoms with van der Waals surface area (Å²) in [7, 11) is 0. The number of aromatic nitrogens is 1. The van der Waals surface area contributed by atoms with E-state index in [4.69, 9.17) is 9.47 Å². The molecule has 2 aliphatic heterocycles. The van der Waals surface area contributed by atoms with Crippen LogP contribution >= 0.6 is 0 Å². The summed E-state index contributed by atoms with van der Waals surface area (Å²) in [4.78, 5) is 6.72. The van der Waals surface area contributed by atoms with Crippen molar-refractivity contribution in [1.29, 1.82) is 0 Å². The number of benzene rings is 1. The van der Waals surface area contributed by atoms with E-state index in [-0.39, 0.29) is 11.7 Å². The second-order valence-corrected chi connectivity index (χ2v) is 7.61. The summed E-state index contributed by atoms with van der Waals surface area (Å²) in [5, 5.41) is 0. The summed E-state index contributed by atoms with van der Waals surface area (Å²) in [5.41, 5.74) is 2.54. The Morgan fingerprint density at radius 1 is 1.15 bits per heavy atom. The van der Waals surface area contributed by atoms with E-state index >= 15 is 0 Å². The minimum absolute atomic E-state index is 0.00541. The molecular weight excluding hydrogens is 324 g/mol. The normalized spacial score (nSPS) is 26.4. The van der Waals surface area contributed by atoms with Gasteiger partial charge in [0.25, 0.3) is 0 Å². The van der Waals surface area contributed by atoms with Crippen molar-refractivity contribution in [3.63, 3.8) is 0 Å². The van der Waals surface area contributed by atoms with Crippen molar-refractivity contribution in [3.05, 3.63) is 66.0 Å². The molecule has 0 N–H and O–H groups in total. The second kappa shape index (κ2) is 8.30. The van der Waals surface area contributed by atoms with E-state index in [1.54, 1.807) is 6.20 Å². The lowest BCUT2D eigenvalue weighted by atomic mass is 9.89. The largest absolute Gasteiger partial charge is 0.371 e. The van der Waals surface area contributed by atoms with E-state index in [1.807, 2.05) is 12.3 Å². The number of nitrogens with zero attached hydrogens (tertiary/aromatic N) is 2. The molecule has 1 aromatic carbocycles. The Bertz CT molecular complexity index is 679. The van der Waals surface area contributed by atoms with Gasteiger partial charge in [0.05, 0.1) is 24.9 Å². The Kier molecular flexibility index (Phi) is 5.63. The first-order valence-electron chi connectivity index (χ1n) is 9.72. The zero-order valence-electron chi connectivity index (χ0n) is 15.3. The Morgan fingerprint density at radius 2 is 2.04 bits per heavy atom. The van der Waals surface area contributed by atoms with Crippen molar-refractivity contribution in [3.8, 4) is 0 Å². The number of likely N-dealkylation sites (tertiary alicyclic amines) is 1. The molecule has 0 radical (unpaired) electrons. The van der Waals surface area contributed by atoms with Gasteiger partial charge >= 0.3 is 0 Å². The average molecular weight is 352 g/mol. The molecule has 0 amide bonds. The van der Waals surface area contributed by atoms with Crippen LogP contribution in [0.1, 0.15) is 30.4 Å². The van der Waals surface area contributed by atoms with Crippen LogP contribution in [0.25, 0.3) is 0 Å². The fourth-order valence-electron chi connectivity index (χ4n) is 4.20. The van der Waals surface area contributed by atoms with Crippen molar-refractivity contribution >= 4 is 0 Å². The monoisotopic (exact) mass is 352 g/mol. The molecule has 4 heteroatoms. The first-order chi connectivity index (χ1) is 12.8. The fourth-order valence-corrected chi connectivity index (χ4v) is 4.20. The molecule has 0 bridgehead atoms. The maximum absolute atomic E-state index is 6.28. The SMILES string of the molecule is c1ccc(CCN2CCCC3(CC(OCc4cccnc4)CO3)C2)cc1. The van der Waals surface area contributed by atoms with Gasteiger partial charge in [-0.2, -0.15) is 0 Å². The summed E-state index contributed by atoms with van der Waals surface area (Å²) in [6, 6.07) is 14.8. The predicted molar refractivity (Wildman–Crippen MR) is 102 cm³/mol. The molecule has 0 saturated carbocycles. The van der Waals surface area contributed by atoms with Crippen molar-refractivity contribution < 1.29 is 9.47 Å². The van der Waals surface area contributed by atoms with Gasteiger partial charge in [0, 0.05) is 31.9 Å². The smallest absolute Gasteiger partial charge is 0.0841 e. The van der Waals surface area contributed by atoms with E-state index in [0.717, 1.165) is 37.9 Å². The molecule has 4 rings (SSSR count). The summed E-state index contributed by atoms with van der Waals surface area (Å²) in [6.45, 7) is 4.66. The van der Waals surface area contributed by atoms with Gasteiger partial charge in [-0.25, -0.2) is 0 Å². The highest BCUT2D eigenvalue weighted by atomic mass is 16.6. The van der Waals surface area contributed by atoms with Gasteiger partial charge in [0.15, 0.2) is 0 Å². The lowest BCUT2D eigenvalue weighted by Crippen LogP contribution is -2.48. The first kappa shape index (κ1) is 17.7. The van der Waals surface area contributed by atoms with Crippen LogP contribution in [0.2, 0.25) is 0 Å². The predicted octanol–water partition coefficient (Wildman–Crippen LogP) is 3.46. The molecule has 1 spiro atoms. The van der Waals surface area contributed by atoms with Crippen LogP contribution in [-0.4, -0.2) is 47.8 Å². The number of rotatable bonds is 6. The summed E-state index contributed by atoms with van der Waals surface area (Å²) < 4.78 is 12.4. The molecule has 2 saturated heterocycles. The van der Waals surface area contributed by atoms with Crippen LogP contribution in [0.5, 0.6) is 0 Å². The highest BCUT2D eigenvalue weighted by Gasteiger charge is 2.43. The maximum atomic E-state index is 6.28. The number of hydrogen-bond acceptors (Lipinski definition) is 4. The minimum Gasteiger partial charge on any atom is -0.371 e. The fraction of sp³-hybridized carbons (Fsp3) is 0.500. The van der Waals surface area contributed by atoms with Gasteiger partial charge in [-0.3, -0.25) is 4.98 Å². The van der Waals surface area contributed by atoms with Crippen molar-refractivity contribution in [2.75, 3.05) is 26.2 Å². The third-order valence-corrected chi connectivity index (χ3v) is 5.56. The minimum atomic E-state index is -0.00541. The van der Waals surface area contributed by atoms with Crippen LogP contribution < -0.4 is 0 Å². The molecule has 2 unspecified atom stereocenters. The molecule has 2 atom stereocenters. The molecule has 0 aliphatic carbocycles. The lowest BCUT2D eigenvalue weighted by molar-refractivity contribution is -0.0526. The van der Waals surface area contributed by atoms with E-state index in [0.29, 0.717) is 13.2 Å². The van der Waals surface area contributed by atoms with Crippen LogP contribution in [-0.2, 0) is 22.5 Å². The zero-order valence-corrected chi connectivity index (χ0v) is 15.3. The van der Waals surface area contributed by atoms with E-state index in [9.17, 15) is 0 Å². The average Bonchev–Trinajstić information content (AvgIpc) is 3.08. The molecule has 26 heavy (non-hydrogen) atoms. The van der Waals surface area contributed by atoms with Gasteiger partial charge in [-0.15, -0.1) is 0 Å². The van der Waals surface area contributed by atoms with Gasteiger partial charge in [-0.1, -0.05) is 36.4 Å². The van der Waals surface area contributed by atoms with Gasteiger partial charge in [0.1, 0.15) is 0 Å². The van der Waals surface area contributed by atoms with Gasteiger partial charge in [-0.05, 0) is 43.0 Å². The number of piperidine rings is 1. The van der Waals surface area contributed by atoms with Crippen LogP contribution in [0, 0.1) is 0 Å². The standard InChI is InChI=1S/C22H28N2O2/c1-2-6-19(7-3-1)9-13-24-12-5-10-22(18-24)14-21(17-26-22)25-16-20-8-4-11-23-15-20/h1-4,6-8,11,15,21H,5,9-10,12-14,16-18H2. The topological polar surface area (TPSA) is 34.6 Å². The van der Waals surface area contributed by atoms with Crippen LogP contribution in [0.3, 0.4) is 0 Å². The highest BCUT2D eigenvalue weighted by Crippen LogP contribution is 2.36. The van der Waals surface area contributed by atoms with Gasteiger partial charge < -0.3 is 14.4 Å². The first-order valence-corrected chi connectivity index (χ1v) is 9.72. The molecule has 2 fully saturated rings. The lowest BCUT2D eigenvalue weighted by Gasteiger charge is -2.39. The number of hydrogen-bond donors (Lipinski definition) is 0. The van der Waals surface area contributed by atoms with Crippen molar-refractivity contribution in [2.45, 2.75) is 44.0 Å². The van der Waals surface area contributed by atoms with Gasteiger partial charge in [0.2, 0.25) is 0 Å². The third-order valence-electron chi connectivity index (χ3n) is 5.56. The third kappa shape index (κ3) is 4.50. The van der Waals surface area contributed by atoms with Crippen LogP contribution in [0.4, 0.5) is 0 Å². The summed E-state index contributed by atoms with van der Waals surface area (Å²) >= 11 is 0. The Morgan fingerprint density at radius 3 is 2.88 bits per heavy atom. The molecule has 3 heterocycles. The Balaban J connectivity index is 1.27.